The maximum Gasteiger partial charge on any atom is 0.191 e. The van der Waals surface area contributed by atoms with E-state index in [1.165, 1.54) is 24.9 Å². The van der Waals surface area contributed by atoms with Crippen LogP contribution in [0, 0.1) is 0 Å². The highest BCUT2D eigenvalue weighted by molar-refractivity contribution is 8.00. The van der Waals surface area contributed by atoms with Crippen molar-refractivity contribution in [3.63, 3.8) is 0 Å². The molecule has 0 aliphatic carbocycles. The van der Waals surface area contributed by atoms with Gasteiger partial charge in [-0.2, -0.15) is 11.8 Å². The molecule has 1 unspecified atom stereocenters. The fraction of sp³-hybridized carbons (Fsp3) is 0.667. The third kappa shape index (κ3) is 6.13. The summed E-state index contributed by atoms with van der Waals surface area (Å²) in [6.07, 6.45) is 6.85. The van der Waals surface area contributed by atoms with Gasteiger partial charge in [0.2, 0.25) is 0 Å². The monoisotopic (exact) mass is 390 g/mol. The Morgan fingerprint density at radius 3 is 2.78 bits per heavy atom. The molecule has 6 heteroatoms. The van der Waals surface area contributed by atoms with E-state index in [2.05, 4.69) is 57.1 Å². The Kier molecular flexibility index (Phi) is 7.85. The zero-order chi connectivity index (χ0) is 19.0. The predicted molar refractivity (Wildman–Crippen MR) is 116 cm³/mol. The van der Waals surface area contributed by atoms with Crippen molar-refractivity contribution >= 4 is 17.7 Å². The van der Waals surface area contributed by atoms with Crippen molar-refractivity contribution in [2.75, 3.05) is 46.2 Å². The van der Waals surface area contributed by atoms with Crippen molar-refractivity contribution in [2.45, 2.75) is 43.0 Å². The van der Waals surface area contributed by atoms with Crippen LogP contribution in [-0.4, -0.2) is 67.8 Å². The van der Waals surface area contributed by atoms with Crippen molar-refractivity contribution in [3.05, 3.63) is 35.9 Å². The van der Waals surface area contributed by atoms with Crippen molar-refractivity contribution in [1.29, 1.82) is 0 Å². The van der Waals surface area contributed by atoms with Crippen LogP contribution in [0.1, 0.15) is 31.2 Å². The van der Waals surface area contributed by atoms with Gasteiger partial charge in [-0.25, -0.2) is 0 Å². The lowest BCUT2D eigenvalue weighted by Gasteiger charge is -2.37. The quantitative estimate of drug-likeness (QED) is 0.578. The fourth-order valence-electron chi connectivity index (χ4n) is 3.99. The average molecular weight is 391 g/mol. The predicted octanol–water partition coefficient (Wildman–Crippen LogP) is 2.73. The van der Waals surface area contributed by atoms with Gasteiger partial charge in [-0.05, 0) is 44.0 Å². The summed E-state index contributed by atoms with van der Waals surface area (Å²) >= 11 is 1.96. The summed E-state index contributed by atoms with van der Waals surface area (Å²) in [5.74, 6) is 0.932. The molecule has 0 radical (unpaired) electrons. The van der Waals surface area contributed by atoms with E-state index in [0.29, 0.717) is 6.04 Å². The molecule has 150 valence electrons. The van der Waals surface area contributed by atoms with Crippen LogP contribution in [-0.2, 0) is 11.3 Å². The highest BCUT2D eigenvalue weighted by atomic mass is 32.2. The van der Waals surface area contributed by atoms with Gasteiger partial charge >= 0.3 is 0 Å². The summed E-state index contributed by atoms with van der Waals surface area (Å²) in [5, 5.41) is 7.25. The molecule has 0 spiro atoms. The van der Waals surface area contributed by atoms with E-state index in [-0.39, 0.29) is 4.75 Å². The van der Waals surface area contributed by atoms with E-state index in [1.54, 1.807) is 0 Å². The number of nitrogens with one attached hydrogen (secondary N) is 2. The zero-order valence-electron chi connectivity index (χ0n) is 16.7. The second kappa shape index (κ2) is 10.3. The number of thioether (sulfide) groups is 1. The molecule has 3 rings (SSSR count). The lowest BCUT2D eigenvalue weighted by molar-refractivity contribution is 0.0782. The Morgan fingerprint density at radius 1 is 1.30 bits per heavy atom. The molecule has 27 heavy (non-hydrogen) atoms. The first-order valence-corrected chi connectivity index (χ1v) is 11.3. The molecular formula is C21H34N4OS. The minimum absolute atomic E-state index is 0.266. The molecule has 5 nitrogen and oxygen atoms in total. The normalized spacial score (nSPS) is 23.8. The van der Waals surface area contributed by atoms with E-state index in [9.17, 15) is 0 Å². The number of likely N-dealkylation sites (tertiary alicyclic amines) is 1. The Bertz CT molecular complexity index is 589. The number of aliphatic imine (C=N–C) groups is 1. The number of ether oxygens (including phenoxy) is 1. The molecule has 1 aromatic rings. The van der Waals surface area contributed by atoms with Crippen LogP contribution in [0.3, 0.4) is 0 Å². The smallest absolute Gasteiger partial charge is 0.191 e. The molecule has 0 bridgehead atoms. The van der Waals surface area contributed by atoms with Gasteiger partial charge in [0, 0.05) is 50.7 Å². The first-order valence-electron chi connectivity index (χ1n) is 10.1. The molecule has 1 atom stereocenters. The first kappa shape index (κ1) is 20.5. The third-order valence-corrected chi connectivity index (χ3v) is 7.15. The zero-order valence-corrected chi connectivity index (χ0v) is 17.6. The Balaban J connectivity index is 1.48. The van der Waals surface area contributed by atoms with Crippen molar-refractivity contribution in [3.8, 4) is 0 Å². The molecule has 0 saturated carbocycles. The second-order valence-electron chi connectivity index (χ2n) is 7.63. The topological polar surface area (TPSA) is 48.9 Å². The van der Waals surface area contributed by atoms with Crippen molar-refractivity contribution < 1.29 is 4.74 Å². The van der Waals surface area contributed by atoms with Gasteiger partial charge in [-0.15, -0.1) is 0 Å². The molecule has 1 aromatic carbocycles. The minimum Gasteiger partial charge on any atom is -0.381 e. The first-order chi connectivity index (χ1) is 13.2. The number of guanidine groups is 1. The SMILES string of the molecule is CN=C(NCC1(SC)CCOCC1)NC1CCCN(Cc2ccccc2)C1. The summed E-state index contributed by atoms with van der Waals surface area (Å²) in [6, 6.07) is 11.2. The van der Waals surface area contributed by atoms with Gasteiger partial charge in [0.15, 0.2) is 5.96 Å². The number of nitrogens with zero attached hydrogens (tertiary/aromatic N) is 2. The molecule has 2 fully saturated rings. The van der Waals surface area contributed by atoms with Crippen LogP contribution in [0.5, 0.6) is 0 Å². The molecule has 2 aliphatic rings. The summed E-state index contributed by atoms with van der Waals surface area (Å²) in [7, 11) is 1.87. The standard InChI is InChI=1S/C21H34N4OS/c1-22-20(23-17-21(27-2)10-13-26-14-11-21)24-19-9-6-12-25(16-19)15-18-7-4-3-5-8-18/h3-5,7-8,19H,6,9-17H2,1-2H3,(H2,22,23,24). The Labute approximate surface area is 168 Å². The number of hydrogen-bond acceptors (Lipinski definition) is 4. The van der Waals surface area contributed by atoms with E-state index in [4.69, 9.17) is 4.74 Å². The summed E-state index contributed by atoms with van der Waals surface area (Å²) in [6.45, 7) is 5.95. The molecule has 2 heterocycles. The average Bonchev–Trinajstić information content (AvgIpc) is 2.73. The van der Waals surface area contributed by atoms with Gasteiger partial charge < -0.3 is 15.4 Å². The maximum atomic E-state index is 5.55. The molecule has 2 saturated heterocycles. The van der Waals surface area contributed by atoms with E-state index < -0.39 is 0 Å². The number of hydrogen-bond donors (Lipinski definition) is 2. The van der Waals surface area contributed by atoms with Crippen LogP contribution in [0.25, 0.3) is 0 Å². The van der Waals surface area contributed by atoms with Crippen LogP contribution in [0.15, 0.2) is 35.3 Å². The minimum atomic E-state index is 0.266. The van der Waals surface area contributed by atoms with Gasteiger partial charge in [0.25, 0.3) is 0 Å². The third-order valence-electron chi connectivity index (χ3n) is 5.73. The number of piperidine rings is 1. The van der Waals surface area contributed by atoms with Gasteiger partial charge in [-0.1, -0.05) is 30.3 Å². The molecule has 0 aromatic heterocycles. The van der Waals surface area contributed by atoms with Gasteiger partial charge in [0.05, 0.1) is 0 Å². The largest absolute Gasteiger partial charge is 0.381 e. The molecular weight excluding hydrogens is 356 g/mol. The Morgan fingerprint density at radius 2 is 2.07 bits per heavy atom. The highest BCUT2D eigenvalue weighted by Gasteiger charge is 2.32. The van der Waals surface area contributed by atoms with Crippen LogP contribution < -0.4 is 10.6 Å². The van der Waals surface area contributed by atoms with Crippen LogP contribution in [0.4, 0.5) is 0 Å². The lowest BCUT2D eigenvalue weighted by atomic mass is 9.99. The molecule has 2 N–H and O–H groups in total. The van der Waals surface area contributed by atoms with Crippen LogP contribution in [0.2, 0.25) is 0 Å². The van der Waals surface area contributed by atoms with E-state index in [0.717, 1.165) is 51.6 Å². The van der Waals surface area contributed by atoms with Gasteiger partial charge in [0.1, 0.15) is 0 Å². The molecule has 2 aliphatic heterocycles. The summed E-state index contributed by atoms with van der Waals surface area (Å²) in [4.78, 5) is 7.02. The summed E-state index contributed by atoms with van der Waals surface area (Å²) in [5.41, 5.74) is 1.39. The highest BCUT2D eigenvalue weighted by Crippen LogP contribution is 2.32. The van der Waals surface area contributed by atoms with Gasteiger partial charge in [-0.3, -0.25) is 9.89 Å². The number of benzene rings is 1. The van der Waals surface area contributed by atoms with Crippen LogP contribution >= 0.6 is 11.8 Å². The Hall–Kier alpha value is -1.24. The molecule has 0 amide bonds. The van der Waals surface area contributed by atoms with E-state index in [1.807, 2.05) is 18.8 Å². The summed E-state index contributed by atoms with van der Waals surface area (Å²) < 4.78 is 5.82. The fourth-order valence-corrected chi connectivity index (χ4v) is 4.78. The lowest BCUT2D eigenvalue weighted by Crippen LogP contribution is -2.53. The number of rotatable bonds is 6. The van der Waals surface area contributed by atoms with Crippen molar-refractivity contribution in [1.82, 2.24) is 15.5 Å². The second-order valence-corrected chi connectivity index (χ2v) is 8.90. The maximum absolute atomic E-state index is 5.55. The van der Waals surface area contributed by atoms with Crippen molar-refractivity contribution in [2.24, 2.45) is 4.99 Å². The van der Waals surface area contributed by atoms with E-state index >= 15 is 0 Å².